The lowest BCUT2D eigenvalue weighted by Crippen LogP contribution is -2.23. The van der Waals surface area contributed by atoms with Crippen molar-refractivity contribution in [1.82, 2.24) is 20.6 Å². The van der Waals surface area contributed by atoms with E-state index in [1.807, 2.05) is 24.3 Å². The van der Waals surface area contributed by atoms with Crippen LogP contribution in [0.2, 0.25) is 0 Å². The van der Waals surface area contributed by atoms with E-state index in [0.717, 1.165) is 9.13 Å². The molecular formula is C20H18IN5O2. The number of nitrogens with zero attached hydrogens (tertiary/aromatic N) is 2. The maximum absolute atomic E-state index is 12.5. The van der Waals surface area contributed by atoms with Crippen LogP contribution in [-0.4, -0.2) is 28.8 Å². The molecule has 0 bridgehead atoms. The third-order valence-corrected chi connectivity index (χ3v) is 4.75. The van der Waals surface area contributed by atoms with Crippen molar-refractivity contribution >= 4 is 40.2 Å². The van der Waals surface area contributed by atoms with Gasteiger partial charge in [-0.1, -0.05) is 24.3 Å². The van der Waals surface area contributed by atoms with Crippen molar-refractivity contribution in [2.75, 3.05) is 12.8 Å². The van der Waals surface area contributed by atoms with Crippen molar-refractivity contribution in [3.8, 4) is 11.3 Å². The molecule has 0 radical (unpaired) electrons. The van der Waals surface area contributed by atoms with Gasteiger partial charge in [-0.2, -0.15) is 0 Å². The number of halogens is 1. The highest BCUT2D eigenvalue weighted by Gasteiger charge is 2.14. The predicted molar refractivity (Wildman–Crippen MR) is 116 cm³/mol. The Morgan fingerprint density at radius 1 is 1.11 bits per heavy atom. The van der Waals surface area contributed by atoms with E-state index in [9.17, 15) is 9.59 Å². The van der Waals surface area contributed by atoms with Crippen LogP contribution in [0.4, 0.5) is 5.82 Å². The molecule has 0 aliphatic carbocycles. The van der Waals surface area contributed by atoms with E-state index in [1.54, 1.807) is 24.3 Å². The van der Waals surface area contributed by atoms with Crippen molar-refractivity contribution < 1.29 is 9.59 Å². The molecule has 1 heterocycles. The second-order valence-corrected chi connectivity index (χ2v) is 7.20. The topological polar surface area (TPSA) is 110 Å². The number of benzene rings is 2. The van der Waals surface area contributed by atoms with Gasteiger partial charge in [0.2, 0.25) is 0 Å². The zero-order valence-corrected chi connectivity index (χ0v) is 17.2. The van der Waals surface area contributed by atoms with E-state index in [-0.39, 0.29) is 17.4 Å². The smallest absolute Gasteiger partial charge is 0.273 e. The minimum Gasteiger partial charge on any atom is -0.382 e. The van der Waals surface area contributed by atoms with Crippen molar-refractivity contribution in [1.29, 1.82) is 0 Å². The lowest BCUT2D eigenvalue weighted by molar-refractivity contribution is 0.0945. The lowest BCUT2D eigenvalue weighted by atomic mass is 10.1. The maximum Gasteiger partial charge on any atom is 0.273 e. The summed E-state index contributed by atoms with van der Waals surface area (Å²) in [5.41, 5.74) is 8.41. The third-order valence-electron chi connectivity index (χ3n) is 4.03. The van der Waals surface area contributed by atoms with Gasteiger partial charge in [0.15, 0.2) is 11.5 Å². The summed E-state index contributed by atoms with van der Waals surface area (Å²) in [6.45, 7) is 0.433. The molecule has 7 nitrogen and oxygen atoms in total. The van der Waals surface area contributed by atoms with Crippen LogP contribution in [0.1, 0.15) is 26.4 Å². The standard InChI is InChI=1S/C20H18IN5O2/c1-23-20(28)17-18(22)24-11-16(26-17)13-3-2-4-14(9-13)19(27)25-10-12-5-7-15(21)8-6-12/h2-9,11H,10H2,1H3,(H2,22,24)(H,23,28)(H,25,27). The Morgan fingerprint density at radius 3 is 2.57 bits per heavy atom. The zero-order valence-electron chi connectivity index (χ0n) is 15.1. The SMILES string of the molecule is CNC(=O)c1nc(-c2cccc(C(=O)NCc3ccc(I)cc3)c2)cnc1N. The summed E-state index contributed by atoms with van der Waals surface area (Å²) in [7, 11) is 1.49. The van der Waals surface area contributed by atoms with Crippen LogP contribution in [0.25, 0.3) is 11.3 Å². The maximum atomic E-state index is 12.5. The van der Waals surface area contributed by atoms with Crippen molar-refractivity contribution in [3.63, 3.8) is 0 Å². The summed E-state index contributed by atoms with van der Waals surface area (Å²) < 4.78 is 1.14. The molecule has 28 heavy (non-hydrogen) atoms. The normalized spacial score (nSPS) is 10.4. The monoisotopic (exact) mass is 487 g/mol. The molecule has 0 saturated carbocycles. The molecule has 0 unspecified atom stereocenters. The molecule has 0 aliphatic rings. The van der Waals surface area contributed by atoms with Gasteiger partial charge in [0.05, 0.1) is 11.9 Å². The van der Waals surface area contributed by atoms with Gasteiger partial charge in [0.25, 0.3) is 11.8 Å². The fraction of sp³-hybridized carbons (Fsp3) is 0.100. The number of hydrogen-bond acceptors (Lipinski definition) is 5. The molecular weight excluding hydrogens is 469 g/mol. The Labute approximate surface area is 175 Å². The number of carbonyl (C=O) groups excluding carboxylic acids is 2. The number of carbonyl (C=O) groups is 2. The minimum atomic E-state index is -0.418. The van der Waals surface area contributed by atoms with E-state index < -0.39 is 5.91 Å². The first kappa shape index (κ1) is 19.7. The van der Waals surface area contributed by atoms with E-state index in [1.165, 1.54) is 13.2 Å². The fourth-order valence-electron chi connectivity index (χ4n) is 2.53. The number of nitrogens with two attached hydrogens (primary N) is 1. The number of hydrogen-bond donors (Lipinski definition) is 3. The number of rotatable bonds is 5. The van der Waals surface area contributed by atoms with Crippen LogP contribution >= 0.6 is 22.6 Å². The third kappa shape index (κ3) is 4.63. The first-order valence-corrected chi connectivity index (χ1v) is 9.53. The van der Waals surface area contributed by atoms with Crippen LogP contribution in [0.3, 0.4) is 0 Å². The number of nitrogens with one attached hydrogen (secondary N) is 2. The Morgan fingerprint density at radius 2 is 1.86 bits per heavy atom. The van der Waals surface area contributed by atoms with Gasteiger partial charge < -0.3 is 16.4 Å². The van der Waals surface area contributed by atoms with Gasteiger partial charge in [-0.15, -0.1) is 0 Å². The first-order chi connectivity index (χ1) is 13.5. The van der Waals surface area contributed by atoms with Gasteiger partial charge >= 0.3 is 0 Å². The van der Waals surface area contributed by atoms with Gasteiger partial charge in [0.1, 0.15) is 0 Å². The molecule has 2 amide bonds. The van der Waals surface area contributed by atoms with Gasteiger partial charge in [-0.05, 0) is 52.4 Å². The molecule has 3 aromatic rings. The molecule has 8 heteroatoms. The number of amides is 2. The number of aromatic nitrogens is 2. The van der Waals surface area contributed by atoms with E-state index >= 15 is 0 Å². The number of anilines is 1. The molecule has 0 fully saturated rings. The summed E-state index contributed by atoms with van der Waals surface area (Å²) in [6.07, 6.45) is 1.48. The van der Waals surface area contributed by atoms with Crippen LogP contribution in [0.15, 0.2) is 54.7 Å². The summed E-state index contributed by atoms with van der Waals surface area (Å²) in [5, 5.41) is 5.38. The second-order valence-electron chi connectivity index (χ2n) is 5.96. The van der Waals surface area contributed by atoms with Crippen LogP contribution in [0.5, 0.6) is 0 Å². The highest BCUT2D eigenvalue weighted by atomic mass is 127. The van der Waals surface area contributed by atoms with Crippen molar-refractivity contribution in [3.05, 3.63) is 75.1 Å². The predicted octanol–water partition coefficient (Wildman–Crippen LogP) is 2.62. The molecule has 4 N–H and O–H groups in total. The Balaban J connectivity index is 1.79. The molecule has 142 valence electrons. The largest absolute Gasteiger partial charge is 0.382 e. The zero-order chi connectivity index (χ0) is 20.1. The minimum absolute atomic E-state index is 0.0496. The van der Waals surface area contributed by atoms with Crippen LogP contribution in [0, 0.1) is 3.57 Å². The average Bonchev–Trinajstić information content (AvgIpc) is 2.73. The second kappa shape index (κ2) is 8.79. The quantitative estimate of drug-likeness (QED) is 0.480. The molecule has 3 rings (SSSR count). The molecule has 2 aromatic carbocycles. The molecule has 1 aromatic heterocycles. The van der Waals surface area contributed by atoms with E-state index in [2.05, 4.69) is 43.2 Å². The summed E-state index contributed by atoms with van der Waals surface area (Å²) in [4.78, 5) is 32.7. The summed E-state index contributed by atoms with van der Waals surface area (Å²) in [6, 6.07) is 14.9. The Hall–Kier alpha value is -3.01. The number of nitrogen functional groups attached to an aromatic ring is 1. The van der Waals surface area contributed by atoms with Gasteiger partial charge in [-0.3, -0.25) is 9.59 Å². The van der Waals surface area contributed by atoms with E-state index in [4.69, 9.17) is 5.73 Å². The Kier molecular flexibility index (Phi) is 6.19. The molecule has 0 spiro atoms. The van der Waals surface area contributed by atoms with Gasteiger partial charge in [-0.25, -0.2) is 9.97 Å². The molecule has 0 atom stereocenters. The summed E-state index contributed by atoms with van der Waals surface area (Å²) in [5.74, 6) is -0.567. The van der Waals surface area contributed by atoms with Crippen molar-refractivity contribution in [2.24, 2.45) is 0 Å². The molecule has 0 saturated heterocycles. The van der Waals surface area contributed by atoms with Crippen molar-refractivity contribution in [2.45, 2.75) is 6.54 Å². The van der Waals surface area contributed by atoms with Gasteiger partial charge in [0, 0.05) is 28.3 Å². The average molecular weight is 487 g/mol. The van der Waals surface area contributed by atoms with E-state index in [0.29, 0.717) is 23.4 Å². The fourth-order valence-corrected chi connectivity index (χ4v) is 2.89. The van der Waals surface area contributed by atoms with Crippen LogP contribution < -0.4 is 16.4 Å². The molecule has 0 aliphatic heterocycles. The lowest BCUT2D eigenvalue weighted by Gasteiger charge is -2.09. The first-order valence-electron chi connectivity index (χ1n) is 8.45. The summed E-state index contributed by atoms with van der Waals surface area (Å²) >= 11 is 2.24. The highest BCUT2D eigenvalue weighted by Crippen LogP contribution is 2.20. The Bertz CT molecular complexity index is 1020. The highest BCUT2D eigenvalue weighted by molar-refractivity contribution is 14.1. The van der Waals surface area contributed by atoms with Crippen LogP contribution in [-0.2, 0) is 6.54 Å².